The van der Waals surface area contributed by atoms with E-state index in [1.165, 1.54) is 5.56 Å². The monoisotopic (exact) mass is 232 g/mol. The van der Waals surface area contributed by atoms with Crippen molar-refractivity contribution in [2.75, 3.05) is 23.3 Å². The van der Waals surface area contributed by atoms with E-state index in [1.807, 2.05) is 31.7 Å². The van der Waals surface area contributed by atoms with E-state index in [4.69, 9.17) is 0 Å². The highest BCUT2D eigenvalue weighted by Gasteiger charge is 2.35. The minimum atomic E-state index is -0.358. The number of benzene rings is 1. The average molecular weight is 232 g/mol. The van der Waals surface area contributed by atoms with Crippen molar-refractivity contribution in [1.29, 1.82) is 0 Å². The van der Waals surface area contributed by atoms with E-state index < -0.39 is 0 Å². The first-order valence-electron chi connectivity index (χ1n) is 6.12. The van der Waals surface area contributed by atoms with Gasteiger partial charge in [0.2, 0.25) is 5.91 Å². The highest BCUT2D eigenvalue weighted by Crippen LogP contribution is 2.34. The Labute approximate surface area is 103 Å². The van der Waals surface area contributed by atoms with Crippen molar-refractivity contribution in [3.8, 4) is 0 Å². The van der Waals surface area contributed by atoms with Crippen LogP contribution in [0.4, 0.5) is 11.4 Å². The summed E-state index contributed by atoms with van der Waals surface area (Å²) < 4.78 is 0. The number of hydrogen-bond donors (Lipinski definition) is 1. The van der Waals surface area contributed by atoms with E-state index in [1.54, 1.807) is 0 Å². The lowest BCUT2D eigenvalue weighted by Crippen LogP contribution is -2.42. The Morgan fingerprint density at radius 1 is 1.41 bits per heavy atom. The molecule has 0 saturated heterocycles. The predicted octanol–water partition coefficient (Wildman–Crippen LogP) is 2.80. The van der Waals surface area contributed by atoms with Crippen molar-refractivity contribution in [2.45, 2.75) is 27.7 Å². The van der Waals surface area contributed by atoms with Gasteiger partial charge in [-0.15, -0.1) is 0 Å². The summed E-state index contributed by atoms with van der Waals surface area (Å²) in [5.74, 6) is 0.190. The van der Waals surface area contributed by atoms with Gasteiger partial charge in [0.05, 0.1) is 16.8 Å². The molecule has 1 aliphatic rings. The van der Waals surface area contributed by atoms with Gasteiger partial charge in [-0.2, -0.15) is 0 Å². The smallest absolute Gasteiger partial charge is 0.234 e. The second-order valence-corrected chi connectivity index (χ2v) is 5.31. The fourth-order valence-corrected chi connectivity index (χ4v) is 2.21. The van der Waals surface area contributed by atoms with E-state index in [-0.39, 0.29) is 11.3 Å². The van der Waals surface area contributed by atoms with Gasteiger partial charge in [-0.05, 0) is 45.4 Å². The molecule has 1 N–H and O–H groups in total. The molecule has 0 radical (unpaired) electrons. The molecule has 3 nitrogen and oxygen atoms in total. The minimum Gasteiger partial charge on any atom is -0.382 e. The third-order valence-electron chi connectivity index (χ3n) is 3.30. The maximum Gasteiger partial charge on any atom is 0.234 e. The lowest BCUT2D eigenvalue weighted by atomic mass is 9.92. The van der Waals surface area contributed by atoms with E-state index in [9.17, 15) is 4.79 Å². The van der Waals surface area contributed by atoms with Gasteiger partial charge in [0.25, 0.3) is 0 Å². The lowest BCUT2D eigenvalue weighted by molar-refractivity contribution is -0.125. The van der Waals surface area contributed by atoms with E-state index >= 15 is 0 Å². The fraction of sp³-hybridized carbons (Fsp3) is 0.500. The summed E-state index contributed by atoms with van der Waals surface area (Å²) in [6.45, 7) is 9.45. The van der Waals surface area contributed by atoms with Crippen LogP contribution in [0.3, 0.4) is 0 Å². The van der Waals surface area contributed by atoms with Gasteiger partial charge < -0.3 is 10.2 Å². The van der Waals surface area contributed by atoms with Crippen LogP contribution in [0.25, 0.3) is 0 Å². The molecule has 17 heavy (non-hydrogen) atoms. The maximum atomic E-state index is 12.4. The SMILES string of the molecule is CCN1C(=O)C(C)(C)CNc2cc(C)ccc21. The Morgan fingerprint density at radius 2 is 2.12 bits per heavy atom. The van der Waals surface area contributed by atoms with Crippen LogP contribution < -0.4 is 10.2 Å². The molecule has 1 aliphatic heterocycles. The molecule has 0 unspecified atom stereocenters. The Balaban J connectivity index is 2.52. The van der Waals surface area contributed by atoms with Crippen LogP contribution in [0.2, 0.25) is 0 Å². The minimum absolute atomic E-state index is 0.190. The molecule has 0 atom stereocenters. The summed E-state index contributed by atoms with van der Waals surface area (Å²) in [4.78, 5) is 14.3. The molecule has 0 saturated carbocycles. The zero-order valence-corrected chi connectivity index (χ0v) is 11.0. The Bertz CT molecular complexity index is 452. The highest BCUT2D eigenvalue weighted by molar-refractivity contribution is 6.01. The zero-order chi connectivity index (χ0) is 12.6. The molecule has 1 aromatic rings. The molecule has 92 valence electrons. The molecule has 0 aliphatic carbocycles. The number of amides is 1. The molecule has 3 heteroatoms. The van der Waals surface area contributed by atoms with Crippen molar-refractivity contribution in [3.63, 3.8) is 0 Å². The molecule has 0 fully saturated rings. The second kappa shape index (κ2) is 4.06. The summed E-state index contributed by atoms with van der Waals surface area (Å²) in [5.41, 5.74) is 2.90. The summed E-state index contributed by atoms with van der Waals surface area (Å²) in [6, 6.07) is 6.18. The molecule has 0 bridgehead atoms. The van der Waals surface area contributed by atoms with Gasteiger partial charge in [-0.1, -0.05) is 6.07 Å². The summed E-state index contributed by atoms with van der Waals surface area (Å²) in [7, 11) is 0. The highest BCUT2D eigenvalue weighted by atomic mass is 16.2. The molecule has 1 amide bonds. The van der Waals surface area contributed by atoms with Crippen LogP contribution in [0.15, 0.2) is 18.2 Å². The van der Waals surface area contributed by atoms with Crippen molar-refractivity contribution in [1.82, 2.24) is 0 Å². The molecule has 1 aromatic carbocycles. The fourth-order valence-electron chi connectivity index (χ4n) is 2.21. The topological polar surface area (TPSA) is 32.3 Å². The number of nitrogens with zero attached hydrogens (tertiary/aromatic N) is 1. The number of rotatable bonds is 1. The van der Waals surface area contributed by atoms with Gasteiger partial charge in [0.15, 0.2) is 0 Å². The van der Waals surface area contributed by atoms with Gasteiger partial charge in [0, 0.05) is 13.1 Å². The first-order chi connectivity index (χ1) is 7.95. The normalized spacial score (nSPS) is 18.4. The Hall–Kier alpha value is -1.51. The number of hydrogen-bond acceptors (Lipinski definition) is 2. The van der Waals surface area contributed by atoms with Crippen molar-refractivity contribution >= 4 is 17.3 Å². The second-order valence-electron chi connectivity index (χ2n) is 5.31. The van der Waals surface area contributed by atoms with Crippen LogP contribution in [0.5, 0.6) is 0 Å². The number of carbonyl (C=O) groups excluding carboxylic acids is 1. The average Bonchev–Trinajstić information content (AvgIpc) is 2.37. The Kier molecular flexibility index (Phi) is 2.86. The first-order valence-corrected chi connectivity index (χ1v) is 6.12. The third kappa shape index (κ3) is 2.02. The number of fused-ring (bicyclic) bond motifs is 1. The summed E-state index contributed by atoms with van der Waals surface area (Å²) in [6.07, 6.45) is 0. The van der Waals surface area contributed by atoms with E-state index in [2.05, 4.69) is 24.4 Å². The summed E-state index contributed by atoms with van der Waals surface area (Å²) in [5, 5.41) is 3.39. The Morgan fingerprint density at radius 3 is 2.76 bits per heavy atom. The third-order valence-corrected chi connectivity index (χ3v) is 3.30. The van der Waals surface area contributed by atoms with Gasteiger partial charge in [-0.25, -0.2) is 0 Å². The van der Waals surface area contributed by atoms with Crippen LogP contribution in [0, 0.1) is 12.3 Å². The number of carbonyl (C=O) groups is 1. The number of anilines is 2. The molecule has 2 rings (SSSR count). The van der Waals surface area contributed by atoms with Crippen LogP contribution >= 0.6 is 0 Å². The summed E-state index contributed by atoms with van der Waals surface area (Å²) >= 11 is 0. The largest absolute Gasteiger partial charge is 0.382 e. The standard InChI is InChI=1S/C14H20N2O/c1-5-16-12-7-6-10(2)8-11(12)15-9-14(3,4)13(16)17/h6-8,15H,5,9H2,1-4H3. The molecule has 0 spiro atoms. The zero-order valence-electron chi connectivity index (χ0n) is 11.0. The van der Waals surface area contributed by atoms with Crippen LogP contribution in [0.1, 0.15) is 26.3 Å². The lowest BCUT2D eigenvalue weighted by Gasteiger charge is -2.27. The molecule has 1 heterocycles. The number of aryl methyl sites for hydroxylation is 1. The molecule has 0 aromatic heterocycles. The van der Waals surface area contributed by atoms with Crippen molar-refractivity contribution < 1.29 is 4.79 Å². The predicted molar refractivity (Wildman–Crippen MR) is 71.5 cm³/mol. The van der Waals surface area contributed by atoms with Crippen LogP contribution in [-0.4, -0.2) is 19.0 Å². The first kappa shape index (κ1) is 12.0. The van der Waals surface area contributed by atoms with Crippen LogP contribution in [-0.2, 0) is 4.79 Å². The van der Waals surface area contributed by atoms with Crippen molar-refractivity contribution in [3.05, 3.63) is 23.8 Å². The van der Waals surface area contributed by atoms with E-state index in [0.717, 1.165) is 11.4 Å². The van der Waals surface area contributed by atoms with Gasteiger partial charge in [-0.3, -0.25) is 4.79 Å². The van der Waals surface area contributed by atoms with Gasteiger partial charge >= 0.3 is 0 Å². The van der Waals surface area contributed by atoms with E-state index in [0.29, 0.717) is 13.1 Å². The quantitative estimate of drug-likeness (QED) is 0.807. The maximum absolute atomic E-state index is 12.4. The van der Waals surface area contributed by atoms with Gasteiger partial charge in [0.1, 0.15) is 0 Å². The number of nitrogens with one attached hydrogen (secondary N) is 1. The van der Waals surface area contributed by atoms with Crippen molar-refractivity contribution in [2.24, 2.45) is 5.41 Å². The molecular formula is C14H20N2O. The molecular weight excluding hydrogens is 212 g/mol.